The molecule has 1 aliphatic rings. The molecule has 4 rings (SSSR count). The first-order valence-electron chi connectivity index (χ1n) is 8.39. The summed E-state index contributed by atoms with van der Waals surface area (Å²) in [7, 11) is 0. The zero-order valence-corrected chi connectivity index (χ0v) is 18.5. The SMILES string of the molecule is OC[C@H]1O[C@H](Sc2cncc(Br)c2)[C@H](O)[C@@H](n2cc(-c3nc(Cl)cs3)nn2)[C@H]1O. The van der Waals surface area contributed by atoms with E-state index in [1.54, 1.807) is 24.0 Å². The number of ether oxygens (including phenoxy) is 1. The number of aromatic nitrogens is 5. The second-order valence-electron chi connectivity index (χ2n) is 6.21. The van der Waals surface area contributed by atoms with Crippen LogP contribution < -0.4 is 0 Å². The summed E-state index contributed by atoms with van der Waals surface area (Å²) in [5.74, 6) is 0. The maximum atomic E-state index is 10.9. The van der Waals surface area contributed by atoms with E-state index >= 15 is 0 Å². The summed E-state index contributed by atoms with van der Waals surface area (Å²) >= 11 is 11.8. The Kier molecular flexibility index (Phi) is 6.51. The van der Waals surface area contributed by atoms with Gasteiger partial charge in [0.05, 0.1) is 12.8 Å². The van der Waals surface area contributed by atoms with Crippen molar-refractivity contribution >= 4 is 50.6 Å². The van der Waals surface area contributed by atoms with Gasteiger partial charge in [-0.25, -0.2) is 9.67 Å². The van der Waals surface area contributed by atoms with Gasteiger partial charge in [-0.15, -0.1) is 16.4 Å². The maximum Gasteiger partial charge on any atom is 0.147 e. The van der Waals surface area contributed by atoms with E-state index in [4.69, 9.17) is 16.3 Å². The van der Waals surface area contributed by atoms with Gasteiger partial charge in [-0.05, 0) is 22.0 Å². The van der Waals surface area contributed by atoms with E-state index in [0.717, 1.165) is 9.37 Å². The number of thioether (sulfide) groups is 1. The Hall–Kier alpha value is -1.12. The molecule has 0 bridgehead atoms. The van der Waals surface area contributed by atoms with E-state index in [9.17, 15) is 15.3 Å². The number of thiazole rings is 1. The molecular weight excluding hydrogens is 506 g/mol. The van der Waals surface area contributed by atoms with E-state index in [0.29, 0.717) is 15.9 Å². The molecule has 3 N–H and O–H groups in total. The predicted molar refractivity (Wildman–Crippen MR) is 111 cm³/mol. The lowest BCUT2D eigenvalue weighted by atomic mass is 9.97. The third kappa shape index (κ3) is 4.49. The molecular formula is C16H15BrClN5O4S2. The van der Waals surface area contributed by atoms with Crippen molar-refractivity contribution in [2.75, 3.05) is 6.61 Å². The number of aliphatic hydroxyl groups excluding tert-OH is 3. The van der Waals surface area contributed by atoms with Gasteiger partial charge in [0.1, 0.15) is 45.6 Å². The summed E-state index contributed by atoms with van der Waals surface area (Å²) in [6.45, 7) is -0.415. The van der Waals surface area contributed by atoms with E-state index in [1.807, 2.05) is 6.07 Å². The molecule has 0 aromatic carbocycles. The summed E-state index contributed by atoms with van der Waals surface area (Å²) in [4.78, 5) is 9.00. The summed E-state index contributed by atoms with van der Waals surface area (Å²) < 4.78 is 7.89. The molecule has 13 heteroatoms. The Morgan fingerprint density at radius 2 is 2.14 bits per heavy atom. The van der Waals surface area contributed by atoms with Crippen molar-refractivity contribution in [1.29, 1.82) is 0 Å². The van der Waals surface area contributed by atoms with Crippen LogP contribution >= 0.6 is 50.6 Å². The first-order valence-corrected chi connectivity index (χ1v) is 11.3. The summed E-state index contributed by atoms with van der Waals surface area (Å²) in [5.41, 5.74) is -0.299. The normalized spacial score (nSPS) is 27.3. The van der Waals surface area contributed by atoms with Crippen LogP contribution in [-0.4, -0.2) is 70.6 Å². The van der Waals surface area contributed by atoms with Crippen molar-refractivity contribution in [1.82, 2.24) is 25.0 Å². The van der Waals surface area contributed by atoms with Crippen LogP contribution in [0.25, 0.3) is 10.7 Å². The van der Waals surface area contributed by atoms with Crippen molar-refractivity contribution in [3.8, 4) is 10.7 Å². The average Bonchev–Trinajstić information content (AvgIpc) is 3.33. The third-order valence-electron chi connectivity index (χ3n) is 4.29. The zero-order chi connectivity index (χ0) is 20.5. The van der Waals surface area contributed by atoms with Gasteiger partial charge in [-0.3, -0.25) is 4.98 Å². The summed E-state index contributed by atoms with van der Waals surface area (Å²) in [5, 5.41) is 42.0. The van der Waals surface area contributed by atoms with Gasteiger partial charge in [-0.2, -0.15) is 0 Å². The Morgan fingerprint density at radius 3 is 2.83 bits per heavy atom. The molecule has 3 aromatic rings. The summed E-state index contributed by atoms with van der Waals surface area (Å²) in [6.07, 6.45) is 1.64. The molecule has 0 spiro atoms. The second kappa shape index (κ2) is 8.94. The molecule has 3 aromatic heterocycles. The molecule has 0 saturated carbocycles. The highest BCUT2D eigenvalue weighted by atomic mass is 79.9. The molecule has 4 heterocycles. The monoisotopic (exact) mass is 519 g/mol. The Morgan fingerprint density at radius 1 is 1.31 bits per heavy atom. The van der Waals surface area contributed by atoms with Crippen LogP contribution in [0, 0.1) is 0 Å². The highest BCUT2D eigenvalue weighted by Crippen LogP contribution is 2.38. The van der Waals surface area contributed by atoms with Crippen LogP contribution in [0.3, 0.4) is 0 Å². The highest BCUT2D eigenvalue weighted by molar-refractivity contribution is 9.10. The number of halogens is 2. The van der Waals surface area contributed by atoms with Gasteiger partial charge in [0.2, 0.25) is 0 Å². The molecule has 9 nitrogen and oxygen atoms in total. The second-order valence-corrected chi connectivity index (χ2v) is 9.55. The number of hydrogen-bond acceptors (Lipinski definition) is 10. The fraction of sp³-hybridized carbons (Fsp3) is 0.375. The van der Waals surface area contributed by atoms with Crippen LogP contribution in [-0.2, 0) is 4.74 Å². The number of hydrogen-bond donors (Lipinski definition) is 3. The minimum atomic E-state index is -1.19. The minimum Gasteiger partial charge on any atom is -0.394 e. The van der Waals surface area contributed by atoms with Crippen LogP contribution in [0.1, 0.15) is 6.04 Å². The van der Waals surface area contributed by atoms with Crippen LogP contribution in [0.5, 0.6) is 0 Å². The standard InChI is InChI=1S/C16H15BrClN5O4S2/c17-7-1-8(3-19-2-7)29-16-14(26)12(13(25)10(5-24)27-16)23-4-9(21-22-23)15-20-11(18)6-28-15/h1-4,6,10,12-14,16,24-26H,5H2/t10-,12+,13+,14-,16-/m1/s1. The Bertz CT molecular complexity index is 992. The largest absolute Gasteiger partial charge is 0.394 e. The number of rotatable bonds is 5. The lowest BCUT2D eigenvalue weighted by Crippen LogP contribution is -2.55. The molecule has 1 saturated heterocycles. The quantitative estimate of drug-likeness (QED) is 0.463. The topological polar surface area (TPSA) is 126 Å². The highest BCUT2D eigenvalue weighted by Gasteiger charge is 2.46. The molecule has 0 amide bonds. The predicted octanol–water partition coefficient (Wildman–Crippen LogP) is 1.98. The molecule has 0 radical (unpaired) electrons. The minimum absolute atomic E-state index is 0.352. The van der Waals surface area contributed by atoms with E-state index in [2.05, 4.69) is 36.2 Å². The average molecular weight is 521 g/mol. The molecule has 1 fully saturated rings. The summed E-state index contributed by atoms with van der Waals surface area (Å²) in [6, 6.07) is 0.955. The first-order chi connectivity index (χ1) is 14.0. The lowest BCUT2D eigenvalue weighted by Gasteiger charge is -2.41. The number of pyridine rings is 1. The van der Waals surface area contributed by atoms with Crippen LogP contribution in [0.15, 0.2) is 39.4 Å². The van der Waals surface area contributed by atoms with Gasteiger partial charge in [-0.1, -0.05) is 28.6 Å². The smallest absolute Gasteiger partial charge is 0.147 e. The molecule has 0 aliphatic carbocycles. The van der Waals surface area contributed by atoms with Crippen LogP contribution in [0.2, 0.25) is 5.15 Å². The number of aliphatic hydroxyl groups is 3. The van der Waals surface area contributed by atoms with Gasteiger partial charge in [0.15, 0.2) is 0 Å². The van der Waals surface area contributed by atoms with Gasteiger partial charge in [0, 0.05) is 27.1 Å². The van der Waals surface area contributed by atoms with Crippen molar-refractivity contribution in [2.45, 2.75) is 34.7 Å². The first kappa shape index (κ1) is 21.1. The van der Waals surface area contributed by atoms with Crippen molar-refractivity contribution in [3.63, 3.8) is 0 Å². The van der Waals surface area contributed by atoms with Gasteiger partial charge >= 0.3 is 0 Å². The third-order valence-corrected chi connectivity index (χ3v) is 7.03. The Balaban J connectivity index is 1.61. The van der Waals surface area contributed by atoms with Crippen LogP contribution in [0.4, 0.5) is 0 Å². The number of nitrogens with zero attached hydrogens (tertiary/aromatic N) is 5. The zero-order valence-electron chi connectivity index (χ0n) is 14.5. The van der Waals surface area contributed by atoms with E-state index < -0.39 is 36.4 Å². The van der Waals surface area contributed by atoms with Gasteiger partial charge in [0.25, 0.3) is 0 Å². The molecule has 29 heavy (non-hydrogen) atoms. The van der Waals surface area contributed by atoms with Crippen molar-refractivity contribution in [2.24, 2.45) is 0 Å². The Labute approximate surface area is 186 Å². The van der Waals surface area contributed by atoms with Crippen molar-refractivity contribution < 1.29 is 20.1 Å². The molecule has 1 aliphatic heterocycles. The maximum absolute atomic E-state index is 10.9. The van der Waals surface area contributed by atoms with Gasteiger partial charge < -0.3 is 20.1 Å². The van der Waals surface area contributed by atoms with E-state index in [1.165, 1.54) is 27.8 Å². The van der Waals surface area contributed by atoms with E-state index in [-0.39, 0.29) is 0 Å². The molecule has 5 atom stereocenters. The lowest BCUT2D eigenvalue weighted by molar-refractivity contribution is -0.178. The fourth-order valence-electron chi connectivity index (χ4n) is 2.96. The molecule has 0 unspecified atom stereocenters. The fourth-order valence-corrected chi connectivity index (χ4v) is 5.46. The molecule has 154 valence electrons. The van der Waals surface area contributed by atoms with Crippen molar-refractivity contribution in [3.05, 3.63) is 39.7 Å².